The van der Waals surface area contributed by atoms with Crippen molar-refractivity contribution < 1.29 is 4.79 Å². The van der Waals surface area contributed by atoms with Crippen molar-refractivity contribution in [1.29, 1.82) is 0 Å². The Balaban J connectivity index is 2.10. The Morgan fingerprint density at radius 3 is 3.00 bits per heavy atom. The predicted molar refractivity (Wildman–Crippen MR) is 72.8 cm³/mol. The number of hydrogen-bond donors (Lipinski definition) is 1. The number of halogens is 1. The van der Waals surface area contributed by atoms with E-state index in [0.717, 1.165) is 10.0 Å². The highest BCUT2D eigenvalue weighted by Crippen LogP contribution is 2.23. The smallest absolute Gasteiger partial charge is 0.244 e. The second-order valence-corrected chi connectivity index (χ2v) is 4.46. The summed E-state index contributed by atoms with van der Waals surface area (Å²) >= 11 is 3.41. The van der Waals surface area contributed by atoms with E-state index in [4.69, 9.17) is 6.42 Å². The number of nitrogens with zero attached hydrogens (tertiary/aromatic N) is 4. The summed E-state index contributed by atoms with van der Waals surface area (Å²) in [4.78, 5) is 12.7. The Hall–Kier alpha value is -2.20. The van der Waals surface area contributed by atoms with Gasteiger partial charge in [0.1, 0.15) is 6.54 Å². The van der Waals surface area contributed by atoms with Crippen LogP contribution in [0.25, 0.3) is 11.4 Å². The van der Waals surface area contributed by atoms with Gasteiger partial charge in [-0.3, -0.25) is 4.79 Å². The molecule has 0 spiro atoms. The van der Waals surface area contributed by atoms with Crippen LogP contribution in [0, 0.1) is 12.3 Å². The Morgan fingerprint density at radius 1 is 1.47 bits per heavy atom. The molecule has 2 aromatic rings. The zero-order valence-electron chi connectivity index (χ0n) is 9.88. The van der Waals surface area contributed by atoms with Crippen LogP contribution < -0.4 is 5.32 Å². The van der Waals surface area contributed by atoms with Gasteiger partial charge >= 0.3 is 0 Å². The van der Waals surface area contributed by atoms with Crippen molar-refractivity contribution in [3.8, 4) is 23.7 Å². The van der Waals surface area contributed by atoms with E-state index in [1.54, 1.807) is 0 Å². The van der Waals surface area contributed by atoms with Crippen LogP contribution in [0.5, 0.6) is 0 Å². The molecule has 1 N–H and O–H groups in total. The second kappa shape index (κ2) is 6.11. The normalized spacial score (nSPS) is 9.89. The SMILES string of the molecule is C#CCNC(=O)Cn1nnc(-c2ccccc2Br)n1. The van der Waals surface area contributed by atoms with Crippen molar-refractivity contribution in [2.45, 2.75) is 6.54 Å². The summed E-state index contributed by atoms with van der Waals surface area (Å²) in [6.45, 7) is 0.170. The van der Waals surface area contributed by atoms with E-state index in [-0.39, 0.29) is 19.0 Å². The molecule has 0 fully saturated rings. The first-order valence-electron chi connectivity index (χ1n) is 5.43. The maximum atomic E-state index is 11.4. The van der Waals surface area contributed by atoms with Crippen molar-refractivity contribution in [1.82, 2.24) is 25.5 Å². The van der Waals surface area contributed by atoms with Crippen molar-refractivity contribution in [2.24, 2.45) is 0 Å². The molecule has 0 aliphatic carbocycles. The molecule has 1 amide bonds. The number of nitrogens with one attached hydrogen (secondary N) is 1. The Kier molecular flexibility index (Phi) is 4.26. The second-order valence-electron chi connectivity index (χ2n) is 3.60. The molecule has 0 saturated heterocycles. The molecule has 0 radical (unpaired) electrons. The van der Waals surface area contributed by atoms with Crippen LogP contribution in [0.15, 0.2) is 28.7 Å². The van der Waals surface area contributed by atoms with Crippen molar-refractivity contribution in [3.63, 3.8) is 0 Å². The van der Waals surface area contributed by atoms with E-state index in [2.05, 4.69) is 42.6 Å². The van der Waals surface area contributed by atoms with Gasteiger partial charge in [0.2, 0.25) is 11.7 Å². The fraction of sp³-hybridized carbons (Fsp3) is 0.167. The summed E-state index contributed by atoms with van der Waals surface area (Å²) in [6, 6.07) is 7.52. The van der Waals surface area contributed by atoms with Gasteiger partial charge in [-0.05, 0) is 17.3 Å². The highest BCUT2D eigenvalue weighted by molar-refractivity contribution is 9.10. The lowest BCUT2D eigenvalue weighted by atomic mass is 10.2. The summed E-state index contributed by atoms with van der Waals surface area (Å²) in [6.07, 6.45) is 5.05. The third kappa shape index (κ3) is 3.39. The van der Waals surface area contributed by atoms with E-state index >= 15 is 0 Å². The number of hydrogen-bond acceptors (Lipinski definition) is 4. The minimum Gasteiger partial charge on any atom is -0.344 e. The largest absolute Gasteiger partial charge is 0.344 e. The quantitative estimate of drug-likeness (QED) is 0.848. The molecule has 1 aromatic carbocycles. The maximum absolute atomic E-state index is 11.4. The molecule has 19 heavy (non-hydrogen) atoms. The number of terminal acetylenes is 1. The summed E-state index contributed by atoms with van der Waals surface area (Å²) in [5.41, 5.74) is 0.817. The van der Waals surface area contributed by atoms with Gasteiger partial charge in [-0.25, -0.2) is 0 Å². The minimum absolute atomic E-state index is 0.0147. The monoisotopic (exact) mass is 319 g/mol. The van der Waals surface area contributed by atoms with Gasteiger partial charge in [-0.15, -0.1) is 16.6 Å². The summed E-state index contributed by atoms with van der Waals surface area (Å²) in [7, 11) is 0. The molecule has 0 aliphatic heterocycles. The fourth-order valence-corrected chi connectivity index (χ4v) is 1.86. The predicted octanol–water partition coefficient (Wildman–Crippen LogP) is 0.852. The molecule has 0 atom stereocenters. The standard InChI is InChI=1S/C12H10BrN5O/c1-2-7-14-11(19)8-18-16-12(15-17-18)9-5-3-4-6-10(9)13/h1,3-6H,7-8H2,(H,14,19). The lowest BCUT2D eigenvalue weighted by molar-refractivity contribution is -0.121. The van der Waals surface area contributed by atoms with Gasteiger partial charge < -0.3 is 5.32 Å². The van der Waals surface area contributed by atoms with Crippen LogP contribution in [0.2, 0.25) is 0 Å². The molecule has 1 aromatic heterocycles. The van der Waals surface area contributed by atoms with Crippen LogP contribution in [-0.2, 0) is 11.3 Å². The van der Waals surface area contributed by atoms with Crippen molar-refractivity contribution >= 4 is 21.8 Å². The maximum Gasteiger partial charge on any atom is 0.244 e. The first-order chi connectivity index (χ1) is 9.20. The number of rotatable bonds is 4. The number of tetrazole rings is 1. The first-order valence-corrected chi connectivity index (χ1v) is 6.23. The zero-order valence-corrected chi connectivity index (χ0v) is 11.5. The average molecular weight is 320 g/mol. The van der Waals surface area contributed by atoms with Crippen LogP contribution >= 0.6 is 15.9 Å². The lowest BCUT2D eigenvalue weighted by Gasteiger charge is -1.99. The van der Waals surface area contributed by atoms with Gasteiger partial charge in [0.25, 0.3) is 0 Å². The van der Waals surface area contributed by atoms with E-state index in [9.17, 15) is 4.79 Å². The van der Waals surface area contributed by atoms with E-state index in [1.165, 1.54) is 4.80 Å². The highest BCUT2D eigenvalue weighted by atomic mass is 79.9. The number of carbonyl (C=O) groups is 1. The average Bonchev–Trinajstić information content (AvgIpc) is 2.85. The topological polar surface area (TPSA) is 72.7 Å². The number of aromatic nitrogens is 4. The van der Waals surface area contributed by atoms with Gasteiger partial charge in [0.15, 0.2) is 0 Å². The Labute approximate surface area is 118 Å². The zero-order chi connectivity index (χ0) is 13.7. The van der Waals surface area contributed by atoms with E-state index in [0.29, 0.717) is 5.82 Å². The lowest BCUT2D eigenvalue weighted by Crippen LogP contribution is -2.28. The van der Waals surface area contributed by atoms with Gasteiger partial charge in [-0.1, -0.05) is 34.0 Å². The molecule has 1 heterocycles. The molecule has 96 valence electrons. The molecule has 6 nitrogen and oxygen atoms in total. The minimum atomic E-state index is -0.256. The highest BCUT2D eigenvalue weighted by Gasteiger charge is 2.10. The number of benzene rings is 1. The van der Waals surface area contributed by atoms with Crippen molar-refractivity contribution in [3.05, 3.63) is 28.7 Å². The number of carbonyl (C=O) groups excluding carboxylic acids is 1. The van der Waals surface area contributed by atoms with Gasteiger partial charge in [0.05, 0.1) is 6.54 Å². The summed E-state index contributed by atoms with van der Waals surface area (Å²) in [5, 5.41) is 14.4. The third-order valence-corrected chi connectivity index (χ3v) is 2.93. The molecular formula is C12H10BrN5O. The molecule has 2 rings (SSSR count). The van der Waals surface area contributed by atoms with Crippen LogP contribution in [0.1, 0.15) is 0 Å². The third-order valence-electron chi connectivity index (χ3n) is 2.24. The molecular weight excluding hydrogens is 310 g/mol. The van der Waals surface area contributed by atoms with Crippen LogP contribution in [-0.4, -0.2) is 32.7 Å². The van der Waals surface area contributed by atoms with Gasteiger partial charge in [-0.2, -0.15) is 4.80 Å². The van der Waals surface area contributed by atoms with Crippen LogP contribution in [0.4, 0.5) is 0 Å². The van der Waals surface area contributed by atoms with Crippen LogP contribution in [0.3, 0.4) is 0 Å². The summed E-state index contributed by atoms with van der Waals surface area (Å²) in [5.74, 6) is 2.52. The molecule has 0 aliphatic rings. The Morgan fingerprint density at radius 2 is 2.26 bits per heavy atom. The molecule has 7 heteroatoms. The molecule has 0 saturated carbocycles. The molecule has 0 bridgehead atoms. The van der Waals surface area contributed by atoms with Gasteiger partial charge in [0, 0.05) is 10.0 Å². The van der Waals surface area contributed by atoms with E-state index in [1.807, 2.05) is 24.3 Å². The van der Waals surface area contributed by atoms with E-state index < -0.39 is 0 Å². The number of amides is 1. The molecule has 0 unspecified atom stereocenters. The first kappa shape index (κ1) is 13.2. The summed E-state index contributed by atoms with van der Waals surface area (Å²) < 4.78 is 0.867. The fourth-order valence-electron chi connectivity index (χ4n) is 1.39. The van der Waals surface area contributed by atoms with Crippen molar-refractivity contribution in [2.75, 3.05) is 6.54 Å². The Bertz CT molecular complexity index is 631.